The summed E-state index contributed by atoms with van der Waals surface area (Å²) in [5.41, 5.74) is 2.47. The summed E-state index contributed by atoms with van der Waals surface area (Å²) in [5, 5.41) is 0. The van der Waals surface area contributed by atoms with Crippen LogP contribution in [0.25, 0.3) is 0 Å². The van der Waals surface area contributed by atoms with Gasteiger partial charge in [-0.1, -0.05) is 36.4 Å². The Balaban J connectivity index is 1.90. The van der Waals surface area contributed by atoms with Crippen LogP contribution in [0.2, 0.25) is 0 Å². The zero-order chi connectivity index (χ0) is 21.3. The van der Waals surface area contributed by atoms with Gasteiger partial charge in [0, 0.05) is 37.0 Å². The van der Waals surface area contributed by atoms with Crippen LogP contribution >= 0.6 is 0 Å². The summed E-state index contributed by atoms with van der Waals surface area (Å²) in [6.07, 6.45) is 2.42. The Labute approximate surface area is 177 Å². The highest BCUT2D eigenvalue weighted by atomic mass is 16.5. The van der Waals surface area contributed by atoms with E-state index in [1.54, 1.807) is 18.3 Å². The molecule has 0 fully saturated rings. The maximum absolute atomic E-state index is 13.5. The maximum atomic E-state index is 13.5. The van der Waals surface area contributed by atoms with Crippen LogP contribution in [0.5, 0.6) is 17.2 Å². The average Bonchev–Trinajstić information content (AvgIpc) is 2.81. The van der Waals surface area contributed by atoms with Gasteiger partial charge in [0.15, 0.2) is 11.5 Å². The fourth-order valence-electron chi connectivity index (χ4n) is 3.24. The first kappa shape index (κ1) is 21.2. The second-order valence-electron chi connectivity index (χ2n) is 6.70. The van der Waals surface area contributed by atoms with Gasteiger partial charge in [0.1, 0.15) is 0 Å². The second kappa shape index (κ2) is 10.3. The van der Waals surface area contributed by atoms with Gasteiger partial charge in [-0.25, -0.2) is 0 Å². The summed E-state index contributed by atoms with van der Waals surface area (Å²) in [5.74, 6) is 1.24. The molecule has 156 valence electrons. The fraction of sp³-hybridized carbons (Fsp3) is 0.250. The summed E-state index contributed by atoms with van der Waals surface area (Å²) in [7, 11) is 4.61. The number of amides is 1. The molecule has 30 heavy (non-hydrogen) atoms. The van der Waals surface area contributed by atoms with Crippen molar-refractivity contribution in [1.29, 1.82) is 0 Å². The lowest BCUT2D eigenvalue weighted by atomic mass is 10.1. The van der Waals surface area contributed by atoms with Gasteiger partial charge in [0.2, 0.25) is 5.75 Å². The van der Waals surface area contributed by atoms with E-state index in [0.29, 0.717) is 42.3 Å². The minimum Gasteiger partial charge on any atom is -0.493 e. The molecule has 0 spiro atoms. The highest BCUT2D eigenvalue weighted by Gasteiger charge is 2.21. The molecule has 1 aromatic heterocycles. The van der Waals surface area contributed by atoms with Crippen molar-refractivity contribution in [2.24, 2.45) is 0 Å². The third-order valence-corrected chi connectivity index (χ3v) is 4.78. The molecule has 0 aliphatic carbocycles. The molecule has 1 heterocycles. The van der Waals surface area contributed by atoms with E-state index < -0.39 is 0 Å². The number of aromatic nitrogens is 1. The Morgan fingerprint density at radius 1 is 0.900 bits per heavy atom. The van der Waals surface area contributed by atoms with Crippen LogP contribution in [0.4, 0.5) is 0 Å². The minimum absolute atomic E-state index is 0.117. The van der Waals surface area contributed by atoms with Crippen LogP contribution in [-0.4, -0.2) is 43.7 Å². The third kappa shape index (κ3) is 5.08. The quantitative estimate of drug-likeness (QED) is 0.538. The molecule has 0 bridgehead atoms. The van der Waals surface area contributed by atoms with Crippen molar-refractivity contribution < 1.29 is 19.0 Å². The van der Waals surface area contributed by atoms with Gasteiger partial charge in [-0.3, -0.25) is 9.78 Å². The number of benzene rings is 2. The van der Waals surface area contributed by atoms with Crippen LogP contribution in [0.15, 0.2) is 66.9 Å². The Morgan fingerprint density at radius 3 is 2.13 bits per heavy atom. The predicted octanol–water partition coefficient (Wildman–Crippen LogP) is 3.99. The molecule has 0 saturated carbocycles. The van der Waals surface area contributed by atoms with Crippen molar-refractivity contribution in [3.63, 3.8) is 0 Å². The highest BCUT2D eigenvalue weighted by Crippen LogP contribution is 2.38. The van der Waals surface area contributed by atoms with Gasteiger partial charge in [-0.2, -0.15) is 0 Å². The second-order valence-corrected chi connectivity index (χ2v) is 6.70. The van der Waals surface area contributed by atoms with Crippen molar-refractivity contribution >= 4 is 5.91 Å². The zero-order valence-corrected chi connectivity index (χ0v) is 17.5. The first-order chi connectivity index (χ1) is 14.7. The Bertz CT molecular complexity index is 936. The van der Waals surface area contributed by atoms with Gasteiger partial charge in [-0.15, -0.1) is 0 Å². The predicted molar refractivity (Wildman–Crippen MR) is 115 cm³/mol. The number of nitrogens with zero attached hydrogens (tertiary/aromatic N) is 2. The maximum Gasteiger partial charge on any atom is 0.254 e. The van der Waals surface area contributed by atoms with Crippen LogP contribution in [-0.2, 0) is 13.0 Å². The smallest absolute Gasteiger partial charge is 0.254 e. The number of carbonyl (C=O) groups excluding carboxylic acids is 1. The molecule has 6 heteroatoms. The fourth-order valence-corrected chi connectivity index (χ4v) is 3.24. The van der Waals surface area contributed by atoms with Gasteiger partial charge in [0.25, 0.3) is 5.91 Å². The summed E-state index contributed by atoms with van der Waals surface area (Å²) >= 11 is 0. The number of hydrogen-bond donors (Lipinski definition) is 0. The number of hydrogen-bond acceptors (Lipinski definition) is 5. The van der Waals surface area contributed by atoms with Crippen molar-refractivity contribution in [2.45, 2.75) is 13.0 Å². The van der Waals surface area contributed by atoms with E-state index in [2.05, 4.69) is 4.98 Å². The van der Waals surface area contributed by atoms with E-state index >= 15 is 0 Å². The van der Waals surface area contributed by atoms with Crippen LogP contribution in [0.3, 0.4) is 0 Å². The number of ether oxygens (including phenoxy) is 3. The van der Waals surface area contributed by atoms with Gasteiger partial charge in [-0.05, 0) is 29.8 Å². The van der Waals surface area contributed by atoms with E-state index in [1.807, 2.05) is 53.4 Å². The largest absolute Gasteiger partial charge is 0.493 e. The lowest BCUT2D eigenvalue weighted by Gasteiger charge is -2.24. The molecule has 0 N–H and O–H groups in total. The number of rotatable bonds is 9. The van der Waals surface area contributed by atoms with Crippen molar-refractivity contribution in [2.75, 3.05) is 27.9 Å². The molecule has 3 aromatic rings. The van der Waals surface area contributed by atoms with Crippen molar-refractivity contribution in [1.82, 2.24) is 9.88 Å². The number of pyridine rings is 1. The third-order valence-electron chi connectivity index (χ3n) is 4.78. The van der Waals surface area contributed by atoms with Crippen LogP contribution < -0.4 is 14.2 Å². The summed E-state index contributed by atoms with van der Waals surface area (Å²) in [6, 6.07) is 19.1. The first-order valence-corrected chi connectivity index (χ1v) is 9.69. The highest BCUT2D eigenvalue weighted by molar-refractivity contribution is 5.95. The van der Waals surface area contributed by atoms with E-state index in [4.69, 9.17) is 14.2 Å². The van der Waals surface area contributed by atoms with Gasteiger partial charge in [0.05, 0.1) is 21.3 Å². The Kier molecular flexibility index (Phi) is 7.27. The van der Waals surface area contributed by atoms with Crippen LogP contribution in [0.1, 0.15) is 21.6 Å². The molecule has 0 aliphatic rings. The Hall–Kier alpha value is -3.54. The Morgan fingerprint density at radius 2 is 1.57 bits per heavy atom. The number of carbonyl (C=O) groups is 1. The molecular weight excluding hydrogens is 380 g/mol. The molecular formula is C24H26N2O4. The lowest BCUT2D eigenvalue weighted by Crippen LogP contribution is -2.32. The van der Waals surface area contributed by atoms with E-state index in [9.17, 15) is 4.79 Å². The van der Waals surface area contributed by atoms with Crippen molar-refractivity contribution in [3.05, 3.63) is 83.7 Å². The van der Waals surface area contributed by atoms with E-state index in [0.717, 1.165) is 11.3 Å². The first-order valence-electron chi connectivity index (χ1n) is 9.69. The molecule has 0 aliphatic heterocycles. The molecule has 0 unspecified atom stereocenters. The SMILES string of the molecule is COc1cc(C(=O)N(CCc2ccccn2)Cc2ccccc2)cc(OC)c1OC. The van der Waals surface area contributed by atoms with Gasteiger partial charge < -0.3 is 19.1 Å². The number of methoxy groups -OCH3 is 3. The minimum atomic E-state index is -0.117. The van der Waals surface area contributed by atoms with E-state index in [-0.39, 0.29) is 5.91 Å². The summed E-state index contributed by atoms with van der Waals surface area (Å²) in [4.78, 5) is 19.6. The molecule has 0 saturated heterocycles. The van der Waals surface area contributed by atoms with Crippen molar-refractivity contribution in [3.8, 4) is 17.2 Å². The lowest BCUT2D eigenvalue weighted by molar-refractivity contribution is 0.0744. The van der Waals surface area contributed by atoms with E-state index in [1.165, 1.54) is 21.3 Å². The monoisotopic (exact) mass is 406 g/mol. The molecule has 2 aromatic carbocycles. The normalized spacial score (nSPS) is 10.4. The summed E-state index contributed by atoms with van der Waals surface area (Å²) in [6.45, 7) is 1.02. The molecule has 1 amide bonds. The molecule has 6 nitrogen and oxygen atoms in total. The molecule has 0 radical (unpaired) electrons. The standard InChI is InChI=1S/C24H26N2O4/c1-28-21-15-19(16-22(29-2)23(21)30-3)24(27)26(17-18-9-5-4-6-10-18)14-12-20-11-7-8-13-25-20/h4-11,13,15-16H,12,14,17H2,1-3H3. The average molecular weight is 406 g/mol. The summed E-state index contributed by atoms with van der Waals surface area (Å²) < 4.78 is 16.2. The molecule has 3 rings (SSSR count). The molecule has 0 atom stereocenters. The van der Waals surface area contributed by atoms with Crippen LogP contribution in [0, 0.1) is 0 Å². The topological polar surface area (TPSA) is 60.9 Å². The zero-order valence-electron chi connectivity index (χ0n) is 17.5. The van der Waals surface area contributed by atoms with Gasteiger partial charge >= 0.3 is 0 Å².